The summed E-state index contributed by atoms with van der Waals surface area (Å²) in [6.45, 7) is 4.75. The zero-order chi connectivity index (χ0) is 28.8. The molecule has 0 spiro atoms. The summed E-state index contributed by atoms with van der Waals surface area (Å²) in [5.41, 5.74) is 4.14. The van der Waals surface area contributed by atoms with Crippen LogP contribution in [-0.4, -0.2) is 27.3 Å². The summed E-state index contributed by atoms with van der Waals surface area (Å²) in [6, 6.07) is 23.0. The van der Waals surface area contributed by atoms with Crippen LogP contribution in [0.1, 0.15) is 49.4 Å². The van der Waals surface area contributed by atoms with E-state index in [1.54, 1.807) is 4.68 Å². The summed E-state index contributed by atoms with van der Waals surface area (Å²) in [5.74, 6) is 1.55. The van der Waals surface area contributed by atoms with Crippen molar-refractivity contribution in [1.82, 2.24) is 14.8 Å². The molecule has 1 aromatic heterocycles. The van der Waals surface area contributed by atoms with Crippen molar-refractivity contribution in [2.75, 3.05) is 11.9 Å². The molecule has 0 radical (unpaired) electrons. The van der Waals surface area contributed by atoms with E-state index in [2.05, 4.69) is 28.2 Å². The van der Waals surface area contributed by atoms with Crippen molar-refractivity contribution >= 4 is 51.2 Å². The fourth-order valence-corrected chi connectivity index (χ4v) is 5.78. The first-order valence-electron chi connectivity index (χ1n) is 13.4. The van der Waals surface area contributed by atoms with Gasteiger partial charge in [0.15, 0.2) is 0 Å². The third kappa shape index (κ3) is 7.15. The molecule has 2 heterocycles. The number of allylic oxidation sites excluding steroid dienone is 1. The van der Waals surface area contributed by atoms with Crippen molar-refractivity contribution in [3.05, 3.63) is 110 Å². The molecule has 1 aliphatic heterocycles. The van der Waals surface area contributed by atoms with Gasteiger partial charge in [-0.3, -0.25) is 0 Å². The van der Waals surface area contributed by atoms with E-state index >= 15 is 0 Å². The van der Waals surface area contributed by atoms with E-state index in [9.17, 15) is 4.79 Å². The Bertz CT molecular complexity index is 1540. The van der Waals surface area contributed by atoms with Gasteiger partial charge in [-0.25, -0.2) is 9.48 Å². The van der Waals surface area contributed by atoms with Gasteiger partial charge in [-0.15, -0.1) is 5.10 Å². The van der Waals surface area contributed by atoms with Crippen LogP contribution in [0.2, 0.25) is 5.02 Å². The van der Waals surface area contributed by atoms with E-state index in [1.807, 2.05) is 79.7 Å². The molecule has 5 rings (SSSR count). The number of ether oxygens (including phenoxy) is 2. The topological polar surface area (TPSA) is 78.3 Å². The number of rotatable bonds is 11. The zero-order valence-electron chi connectivity index (χ0n) is 22.8. The Morgan fingerprint density at radius 2 is 1.85 bits per heavy atom. The minimum atomic E-state index is -0.511. The van der Waals surface area contributed by atoms with Crippen LogP contribution in [0.5, 0.6) is 5.75 Å². The number of hydrogen-bond donors (Lipinski definition) is 1. The van der Waals surface area contributed by atoms with Crippen molar-refractivity contribution in [3.8, 4) is 5.75 Å². The van der Waals surface area contributed by atoms with Crippen LogP contribution >= 0.6 is 39.3 Å². The maximum atomic E-state index is 13.4. The second-order valence-electron chi connectivity index (χ2n) is 9.58. The molecule has 0 aliphatic carbocycles. The molecule has 0 fully saturated rings. The number of fused-ring (bicyclic) bond motifs is 1. The largest absolute Gasteiger partial charge is 0.489 e. The first-order chi connectivity index (χ1) is 19.9. The van der Waals surface area contributed by atoms with Crippen LogP contribution in [0.4, 0.5) is 5.95 Å². The maximum Gasteiger partial charge on any atom is 0.338 e. The Labute approximate surface area is 257 Å². The number of halogens is 2. The standard InChI is InChI=1S/C31H30BrClN4O3S/c1-3-4-17-39-29(38)27-20(2)34-30-35-31(41-19-23-7-5-6-8-26(23)33)36-37(30)28(27)22-11-15-25(16-12-22)40-18-21-9-13-24(32)14-10-21/h5-16,28H,3-4,17-19H2,1-2H3,(H,34,35,36). The molecule has 0 saturated carbocycles. The van der Waals surface area contributed by atoms with Gasteiger partial charge in [-0.2, -0.15) is 4.98 Å². The molecule has 7 nitrogen and oxygen atoms in total. The summed E-state index contributed by atoms with van der Waals surface area (Å²) in [6.07, 6.45) is 1.74. The van der Waals surface area contributed by atoms with Gasteiger partial charge < -0.3 is 14.8 Å². The Hall–Kier alpha value is -3.27. The van der Waals surface area contributed by atoms with E-state index in [0.29, 0.717) is 46.4 Å². The summed E-state index contributed by atoms with van der Waals surface area (Å²) in [5, 5.41) is 9.36. The lowest BCUT2D eigenvalue weighted by Crippen LogP contribution is -2.29. The minimum Gasteiger partial charge on any atom is -0.489 e. The maximum absolute atomic E-state index is 13.4. The van der Waals surface area contributed by atoms with Gasteiger partial charge in [0.25, 0.3) is 0 Å². The van der Waals surface area contributed by atoms with Gasteiger partial charge in [-0.1, -0.05) is 95.1 Å². The van der Waals surface area contributed by atoms with Gasteiger partial charge in [0.05, 0.1) is 12.2 Å². The fraction of sp³-hybridized carbons (Fsp3) is 0.258. The monoisotopic (exact) mass is 652 g/mol. The van der Waals surface area contributed by atoms with Crippen molar-refractivity contribution in [3.63, 3.8) is 0 Å². The lowest BCUT2D eigenvalue weighted by atomic mass is 9.96. The van der Waals surface area contributed by atoms with E-state index in [4.69, 9.17) is 31.2 Å². The SMILES string of the molecule is CCCCOC(=O)C1=C(C)Nc2nc(SCc3ccccc3Cl)nn2C1c1ccc(OCc2ccc(Br)cc2)cc1. The summed E-state index contributed by atoms with van der Waals surface area (Å²) >= 11 is 11.3. The molecular formula is C31H30BrClN4O3S. The number of hydrogen-bond acceptors (Lipinski definition) is 7. The lowest BCUT2D eigenvalue weighted by Gasteiger charge is -2.28. The predicted molar refractivity (Wildman–Crippen MR) is 166 cm³/mol. The summed E-state index contributed by atoms with van der Waals surface area (Å²) in [4.78, 5) is 18.1. The highest BCUT2D eigenvalue weighted by atomic mass is 79.9. The van der Waals surface area contributed by atoms with Crippen molar-refractivity contribution < 1.29 is 14.3 Å². The molecule has 0 saturated heterocycles. The first-order valence-corrected chi connectivity index (χ1v) is 15.5. The average Bonchev–Trinajstić information content (AvgIpc) is 3.38. The molecule has 0 amide bonds. The number of benzene rings is 3. The zero-order valence-corrected chi connectivity index (χ0v) is 25.9. The summed E-state index contributed by atoms with van der Waals surface area (Å²) < 4.78 is 14.5. The number of thioether (sulfide) groups is 1. The number of nitrogens with zero attached hydrogens (tertiary/aromatic N) is 3. The van der Waals surface area contributed by atoms with E-state index in [1.165, 1.54) is 11.8 Å². The Morgan fingerprint density at radius 1 is 1.10 bits per heavy atom. The van der Waals surface area contributed by atoms with Gasteiger partial charge in [0.1, 0.15) is 18.4 Å². The lowest BCUT2D eigenvalue weighted by molar-refractivity contribution is -0.139. The molecule has 1 aliphatic rings. The molecule has 4 aromatic rings. The number of nitrogens with one attached hydrogen (secondary N) is 1. The number of anilines is 1. The Kier molecular flexibility index (Phi) is 9.69. The van der Waals surface area contributed by atoms with Crippen LogP contribution in [0.15, 0.2) is 93.7 Å². The highest BCUT2D eigenvalue weighted by Gasteiger charge is 2.35. The highest BCUT2D eigenvalue weighted by Crippen LogP contribution is 2.38. The van der Waals surface area contributed by atoms with Crippen LogP contribution in [0.25, 0.3) is 0 Å². The summed E-state index contributed by atoms with van der Waals surface area (Å²) in [7, 11) is 0. The third-order valence-electron chi connectivity index (χ3n) is 6.61. The predicted octanol–water partition coefficient (Wildman–Crippen LogP) is 8.20. The Morgan fingerprint density at radius 3 is 2.59 bits per heavy atom. The number of carbonyl (C=O) groups is 1. The third-order valence-corrected chi connectivity index (χ3v) is 8.40. The molecule has 1 atom stereocenters. The molecule has 3 aromatic carbocycles. The molecule has 1 unspecified atom stereocenters. The first kappa shape index (κ1) is 29.2. The second-order valence-corrected chi connectivity index (χ2v) is 11.8. The van der Waals surface area contributed by atoms with Crippen molar-refractivity contribution in [2.24, 2.45) is 0 Å². The smallest absolute Gasteiger partial charge is 0.338 e. The second kappa shape index (κ2) is 13.6. The van der Waals surface area contributed by atoms with Crippen molar-refractivity contribution in [2.45, 2.75) is 50.2 Å². The van der Waals surface area contributed by atoms with Crippen LogP contribution in [0.3, 0.4) is 0 Å². The number of unbranched alkanes of at least 4 members (excludes halogenated alkanes) is 1. The van der Waals surface area contributed by atoms with E-state index in [0.717, 1.165) is 39.8 Å². The number of esters is 1. The van der Waals surface area contributed by atoms with Gasteiger partial charge >= 0.3 is 5.97 Å². The quantitative estimate of drug-likeness (QED) is 0.0993. The molecule has 0 bridgehead atoms. The molecule has 1 N–H and O–H groups in total. The molecule has 41 heavy (non-hydrogen) atoms. The number of carbonyl (C=O) groups excluding carboxylic acids is 1. The van der Waals surface area contributed by atoms with Gasteiger partial charge in [0, 0.05) is 20.9 Å². The van der Waals surface area contributed by atoms with E-state index < -0.39 is 6.04 Å². The van der Waals surface area contributed by atoms with Crippen LogP contribution in [0, 0.1) is 0 Å². The number of aromatic nitrogens is 3. The molecule has 212 valence electrons. The average molecular weight is 654 g/mol. The molecule has 10 heteroatoms. The minimum absolute atomic E-state index is 0.365. The highest BCUT2D eigenvalue weighted by molar-refractivity contribution is 9.10. The Balaban J connectivity index is 1.40. The normalized spacial score (nSPS) is 14.4. The van der Waals surface area contributed by atoms with Crippen LogP contribution < -0.4 is 10.1 Å². The van der Waals surface area contributed by atoms with E-state index in [-0.39, 0.29) is 5.97 Å². The van der Waals surface area contributed by atoms with Gasteiger partial charge in [-0.05, 0) is 60.4 Å². The molecular weight excluding hydrogens is 624 g/mol. The fourth-order valence-electron chi connectivity index (χ4n) is 4.40. The van der Waals surface area contributed by atoms with Gasteiger partial charge in [0.2, 0.25) is 11.1 Å². The van der Waals surface area contributed by atoms with Crippen LogP contribution in [-0.2, 0) is 21.9 Å². The van der Waals surface area contributed by atoms with Crippen molar-refractivity contribution in [1.29, 1.82) is 0 Å².